The van der Waals surface area contributed by atoms with Crippen molar-refractivity contribution in [1.82, 2.24) is 9.55 Å². The highest BCUT2D eigenvalue weighted by Gasteiger charge is 2.57. The van der Waals surface area contributed by atoms with Crippen molar-refractivity contribution in [2.75, 3.05) is 17.3 Å². The van der Waals surface area contributed by atoms with Crippen LogP contribution < -0.4 is 19.8 Å². The molecule has 0 unspecified atom stereocenters. The Labute approximate surface area is 250 Å². The number of hydrogen-bond acceptors (Lipinski definition) is 8. The van der Waals surface area contributed by atoms with Crippen LogP contribution in [0.15, 0.2) is 82.9 Å². The van der Waals surface area contributed by atoms with Crippen LogP contribution in [-0.4, -0.2) is 39.6 Å². The zero-order chi connectivity index (χ0) is 30.5. The zero-order valence-electron chi connectivity index (χ0n) is 22.2. The molecule has 0 spiro atoms. The Morgan fingerprint density at radius 3 is 2.49 bits per heavy atom. The first-order valence-electron chi connectivity index (χ1n) is 12.9. The van der Waals surface area contributed by atoms with Crippen molar-refractivity contribution in [2.45, 2.75) is 28.9 Å². The maximum Gasteiger partial charge on any atom is 0.416 e. The van der Waals surface area contributed by atoms with Gasteiger partial charge in [-0.15, -0.1) is 0 Å². The van der Waals surface area contributed by atoms with Crippen LogP contribution in [0, 0.1) is 5.92 Å². The number of alkyl halides is 3. The molecule has 0 bridgehead atoms. The second-order valence-corrected chi connectivity index (χ2v) is 11.9. The molecule has 1 saturated heterocycles. The number of imide groups is 1. The zero-order valence-corrected chi connectivity index (χ0v) is 23.8. The first kappa shape index (κ1) is 28.7. The number of thiazole rings is 1. The second kappa shape index (κ2) is 11.0. The predicted molar refractivity (Wildman–Crippen MR) is 153 cm³/mol. The van der Waals surface area contributed by atoms with Gasteiger partial charge in [-0.1, -0.05) is 35.2 Å². The van der Waals surface area contributed by atoms with Gasteiger partial charge in [-0.3, -0.25) is 28.7 Å². The molecule has 220 valence electrons. The average molecular weight is 627 g/mol. The normalized spacial score (nSPS) is 19.6. The quantitative estimate of drug-likeness (QED) is 0.307. The number of carbonyl (C=O) groups excluding carboxylic acids is 3. The number of nitrogens with one attached hydrogen (secondary N) is 1. The maximum atomic E-state index is 13.9. The van der Waals surface area contributed by atoms with Gasteiger partial charge < -0.3 is 10.1 Å². The Balaban J connectivity index is 1.38. The SMILES string of the molecule is COc1ccc(NC(=O)Cn2c3c(sc2=O)[C@@H](c2cccnc2)[C@H]2C(=O)N(c4cccc(C(F)(F)F)c4)C(=O)[C@H]2S3)cc1. The molecule has 0 radical (unpaired) electrons. The van der Waals surface area contributed by atoms with Crippen molar-refractivity contribution in [2.24, 2.45) is 5.92 Å². The fourth-order valence-electron chi connectivity index (χ4n) is 5.27. The van der Waals surface area contributed by atoms with Crippen molar-refractivity contribution < 1.29 is 32.3 Å². The highest BCUT2D eigenvalue weighted by atomic mass is 32.2. The van der Waals surface area contributed by atoms with Gasteiger partial charge in [-0.05, 0) is 54.1 Å². The molecule has 3 amide bonds. The number of rotatable bonds is 6. The van der Waals surface area contributed by atoms with Gasteiger partial charge in [0.15, 0.2) is 0 Å². The number of carbonyl (C=O) groups is 3. The molecule has 9 nitrogen and oxygen atoms in total. The molecule has 2 aliphatic rings. The fourth-order valence-corrected chi connectivity index (χ4v) is 8.04. The number of fused-ring (bicyclic) bond motifs is 2. The third-order valence-corrected chi connectivity index (χ3v) is 9.80. The maximum absolute atomic E-state index is 13.9. The van der Waals surface area contributed by atoms with Gasteiger partial charge >= 0.3 is 11.0 Å². The minimum atomic E-state index is -4.67. The number of halogens is 3. The Kier molecular flexibility index (Phi) is 7.34. The predicted octanol–water partition coefficient (Wildman–Crippen LogP) is 4.77. The molecule has 0 saturated carbocycles. The van der Waals surface area contributed by atoms with E-state index in [0.717, 1.165) is 46.2 Å². The van der Waals surface area contributed by atoms with Crippen molar-refractivity contribution >= 4 is 52.2 Å². The summed E-state index contributed by atoms with van der Waals surface area (Å²) in [6.45, 7) is -0.361. The summed E-state index contributed by atoms with van der Waals surface area (Å²) in [4.78, 5) is 58.8. The molecule has 4 aromatic rings. The van der Waals surface area contributed by atoms with Crippen molar-refractivity contribution in [1.29, 1.82) is 0 Å². The standard InChI is InChI=1S/C29H21F3N4O5S2/c1-41-19-9-7-17(8-10-19)34-20(37)14-35-27-24(43-28(35)40)21(15-4-3-11-33-13-15)22-23(42-27)26(39)36(25(22)38)18-6-2-5-16(12-18)29(30,31)32/h2-13,21-23H,14H2,1H3,(H,34,37)/t21-,22+,23-/m0/s1. The summed E-state index contributed by atoms with van der Waals surface area (Å²) in [7, 11) is 1.52. The lowest BCUT2D eigenvalue weighted by Gasteiger charge is -2.30. The number of anilines is 2. The van der Waals surface area contributed by atoms with E-state index in [2.05, 4.69) is 10.3 Å². The summed E-state index contributed by atoms with van der Waals surface area (Å²) >= 11 is 1.83. The van der Waals surface area contributed by atoms with E-state index < -0.39 is 51.4 Å². The number of ether oxygens (including phenoxy) is 1. The Hall–Kier alpha value is -4.43. The number of nitrogens with zero attached hydrogens (tertiary/aromatic N) is 3. The summed E-state index contributed by atoms with van der Waals surface area (Å²) in [5, 5.41) is 2.02. The third-order valence-electron chi connectivity index (χ3n) is 7.20. The van der Waals surface area contributed by atoms with Crippen LogP contribution in [0.2, 0.25) is 0 Å². The van der Waals surface area contributed by atoms with Crippen molar-refractivity contribution in [3.05, 3.63) is 98.7 Å². The summed E-state index contributed by atoms with van der Waals surface area (Å²) in [5.74, 6) is -3.07. The van der Waals surface area contributed by atoms with E-state index in [1.54, 1.807) is 36.4 Å². The van der Waals surface area contributed by atoms with Crippen LogP contribution in [0.3, 0.4) is 0 Å². The molecule has 1 N–H and O–H groups in total. The van der Waals surface area contributed by atoms with Gasteiger partial charge in [-0.25, -0.2) is 4.90 Å². The lowest BCUT2D eigenvalue weighted by Crippen LogP contribution is -2.33. The average Bonchev–Trinajstić information content (AvgIpc) is 3.43. The Bertz CT molecular complexity index is 1790. The van der Waals surface area contributed by atoms with Crippen LogP contribution >= 0.6 is 23.1 Å². The number of pyridine rings is 1. The monoisotopic (exact) mass is 626 g/mol. The summed E-state index contributed by atoms with van der Waals surface area (Å²) in [6, 6.07) is 14.0. The smallest absolute Gasteiger partial charge is 0.416 e. The Morgan fingerprint density at radius 2 is 1.81 bits per heavy atom. The van der Waals surface area contributed by atoms with E-state index in [4.69, 9.17) is 4.74 Å². The van der Waals surface area contributed by atoms with Crippen LogP contribution in [0.1, 0.15) is 21.9 Å². The molecule has 0 aliphatic carbocycles. The molecule has 4 heterocycles. The molecule has 3 atom stereocenters. The molecule has 14 heteroatoms. The van der Waals surface area contributed by atoms with Gasteiger partial charge in [0, 0.05) is 28.9 Å². The number of aromatic nitrogens is 2. The number of amides is 3. The highest BCUT2D eigenvalue weighted by molar-refractivity contribution is 8.00. The van der Waals surface area contributed by atoms with Gasteiger partial charge in [0.25, 0.3) is 0 Å². The lowest BCUT2D eigenvalue weighted by molar-refractivity contribution is -0.137. The minimum absolute atomic E-state index is 0.190. The molecular formula is C29H21F3N4O5S2. The minimum Gasteiger partial charge on any atom is -0.497 e. The summed E-state index contributed by atoms with van der Waals surface area (Å²) < 4.78 is 46.7. The second-order valence-electron chi connectivity index (χ2n) is 9.79. The van der Waals surface area contributed by atoms with E-state index in [0.29, 0.717) is 26.9 Å². The molecule has 1 fully saturated rings. The van der Waals surface area contributed by atoms with Crippen molar-refractivity contribution in [3.63, 3.8) is 0 Å². The fraction of sp³-hybridized carbons (Fsp3) is 0.207. The van der Waals surface area contributed by atoms with E-state index in [1.807, 2.05) is 0 Å². The topological polar surface area (TPSA) is 111 Å². The van der Waals surface area contributed by atoms with Gasteiger partial charge in [0.2, 0.25) is 17.7 Å². The summed E-state index contributed by atoms with van der Waals surface area (Å²) in [5.41, 5.74) is -0.142. The lowest BCUT2D eigenvalue weighted by atomic mass is 9.84. The van der Waals surface area contributed by atoms with E-state index in [9.17, 15) is 32.3 Å². The highest BCUT2D eigenvalue weighted by Crippen LogP contribution is 2.54. The molecule has 2 aromatic heterocycles. The first-order chi connectivity index (χ1) is 20.6. The summed E-state index contributed by atoms with van der Waals surface area (Å²) in [6.07, 6.45) is -1.61. The molecular weight excluding hydrogens is 605 g/mol. The number of hydrogen-bond donors (Lipinski definition) is 1. The number of benzene rings is 2. The third kappa shape index (κ3) is 5.20. The van der Waals surface area contributed by atoms with Gasteiger partial charge in [0.05, 0.1) is 29.3 Å². The van der Waals surface area contributed by atoms with Gasteiger partial charge in [0.1, 0.15) is 17.5 Å². The van der Waals surface area contributed by atoms with Crippen LogP contribution in [0.25, 0.3) is 0 Å². The largest absolute Gasteiger partial charge is 0.497 e. The van der Waals surface area contributed by atoms with Crippen molar-refractivity contribution in [3.8, 4) is 5.75 Å². The first-order valence-corrected chi connectivity index (χ1v) is 14.6. The van der Waals surface area contributed by atoms with Gasteiger partial charge in [-0.2, -0.15) is 13.2 Å². The van der Waals surface area contributed by atoms with E-state index in [1.165, 1.54) is 30.1 Å². The molecule has 2 aromatic carbocycles. The molecule has 43 heavy (non-hydrogen) atoms. The molecule has 2 aliphatic heterocycles. The molecule has 6 rings (SSSR count). The number of methoxy groups -OCH3 is 1. The van der Waals surface area contributed by atoms with E-state index in [-0.39, 0.29) is 12.2 Å². The van der Waals surface area contributed by atoms with Crippen LogP contribution in [-0.2, 0) is 27.1 Å². The van der Waals surface area contributed by atoms with Crippen LogP contribution in [0.4, 0.5) is 24.5 Å². The Morgan fingerprint density at radius 1 is 1.05 bits per heavy atom. The van der Waals surface area contributed by atoms with Crippen LogP contribution in [0.5, 0.6) is 5.75 Å². The number of thioether (sulfide) groups is 1. The van der Waals surface area contributed by atoms with E-state index >= 15 is 0 Å².